The van der Waals surface area contributed by atoms with Gasteiger partial charge < -0.3 is 14.7 Å². The van der Waals surface area contributed by atoms with Gasteiger partial charge in [0.25, 0.3) is 5.91 Å². The van der Waals surface area contributed by atoms with Crippen LogP contribution in [0.2, 0.25) is 0 Å². The van der Waals surface area contributed by atoms with Gasteiger partial charge in [-0.2, -0.15) is 0 Å². The van der Waals surface area contributed by atoms with Gasteiger partial charge in [-0.3, -0.25) is 9.78 Å². The first-order chi connectivity index (χ1) is 8.20. The Labute approximate surface area is 100 Å². The number of hydrogen-bond donors (Lipinski definition) is 1. The zero-order chi connectivity index (χ0) is 12.3. The third kappa shape index (κ3) is 2.81. The van der Waals surface area contributed by atoms with Crippen LogP contribution in [0.25, 0.3) is 0 Å². The zero-order valence-corrected chi connectivity index (χ0v) is 9.74. The molecule has 1 aromatic rings. The van der Waals surface area contributed by atoms with Crippen LogP contribution in [0, 0.1) is 0 Å². The molecule has 92 valence electrons. The van der Waals surface area contributed by atoms with Crippen molar-refractivity contribution in [3.8, 4) is 0 Å². The van der Waals surface area contributed by atoms with Gasteiger partial charge in [0.1, 0.15) is 5.69 Å². The average molecular weight is 236 g/mol. The fraction of sp³-hybridized carbons (Fsp3) is 0.500. The topological polar surface area (TPSA) is 62.7 Å². The molecule has 5 nitrogen and oxygen atoms in total. The van der Waals surface area contributed by atoms with Gasteiger partial charge >= 0.3 is 0 Å². The first-order valence-electron chi connectivity index (χ1n) is 5.67. The molecular weight excluding hydrogens is 220 g/mol. The maximum absolute atomic E-state index is 12.1. The van der Waals surface area contributed by atoms with Crippen LogP contribution in [0.1, 0.15) is 17.4 Å². The van der Waals surface area contributed by atoms with Gasteiger partial charge in [0.15, 0.2) is 0 Å². The molecule has 5 heteroatoms. The molecule has 1 aliphatic heterocycles. The van der Waals surface area contributed by atoms with Gasteiger partial charge in [-0.1, -0.05) is 6.07 Å². The third-order valence-corrected chi connectivity index (χ3v) is 2.70. The second-order valence-electron chi connectivity index (χ2n) is 4.18. The number of rotatable bonds is 2. The van der Waals surface area contributed by atoms with Gasteiger partial charge in [0, 0.05) is 19.3 Å². The number of aromatic nitrogens is 1. The predicted molar refractivity (Wildman–Crippen MR) is 61.6 cm³/mol. The van der Waals surface area contributed by atoms with E-state index in [2.05, 4.69) is 4.98 Å². The summed E-state index contributed by atoms with van der Waals surface area (Å²) in [5.74, 6) is -0.112. The number of carbonyl (C=O) groups excluding carboxylic acids is 1. The van der Waals surface area contributed by atoms with Gasteiger partial charge in [-0.25, -0.2) is 0 Å². The molecule has 2 heterocycles. The molecule has 2 unspecified atom stereocenters. The third-order valence-electron chi connectivity index (χ3n) is 2.70. The highest BCUT2D eigenvalue weighted by Gasteiger charge is 2.28. The monoisotopic (exact) mass is 236 g/mol. The van der Waals surface area contributed by atoms with Gasteiger partial charge in [-0.15, -0.1) is 0 Å². The van der Waals surface area contributed by atoms with Crippen molar-refractivity contribution in [1.82, 2.24) is 9.88 Å². The van der Waals surface area contributed by atoms with E-state index in [0.717, 1.165) is 0 Å². The summed E-state index contributed by atoms with van der Waals surface area (Å²) < 4.78 is 5.49. The summed E-state index contributed by atoms with van der Waals surface area (Å²) in [6.45, 7) is 2.76. The molecule has 1 aliphatic rings. The van der Waals surface area contributed by atoms with E-state index in [1.165, 1.54) is 0 Å². The van der Waals surface area contributed by atoms with Crippen LogP contribution in [-0.2, 0) is 4.74 Å². The van der Waals surface area contributed by atoms with Crippen molar-refractivity contribution in [2.75, 3.05) is 19.7 Å². The van der Waals surface area contributed by atoms with Crippen molar-refractivity contribution >= 4 is 5.91 Å². The first kappa shape index (κ1) is 12.0. The van der Waals surface area contributed by atoms with Crippen LogP contribution in [-0.4, -0.2) is 52.8 Å². The standard InChI is InChI=1S/C12H16N2O3/c1-9-6-14(7-10(8-15)17-9)12(16)11-4-2-3-5-13-11/h2-5,9-10,15H,6-8H2,1H3. The number of morpholine rings is 1. The van der Waals surface area contributed by atoms with E-state index >= 15 is 0 Å². The number of amides is 1. The van der Waals surface area contributed by atoms with E-state index in [1.54, 1.807) is 29.3 Å². The van der Waals surface area contributed by atoms with Crippen molar-refractivity contribution < 1.29 is 14.6 Å². The highest BCUT2D eigenvalue weighted by Crippen LogP contribution is 2.13. The van der Waals surface area contributed by atoms with Gasteiger partial charge in [-0.05, 0) is 19.1 Å². The van der Waals surface area contributed by atoms with Crippen molar-refractivity contribution in [3.05, 3.63) is 30.1 Å². The van der Waals surface area contributed by atoms with Crippen molar-refractivity contribution in [3.63, 3.8) is 0 Å². The lowest BCUT2D eigenvalue weighted by atomic mass is 10.2. The molecule has 1 amide bonds. The highest BCUT2D eigenvalue weighted by atomic mass is 16.5. The van der Waals surface area contributed by atoms with E-state index < -0.39 is 0 Å². The minimum atomic E-state index is -0.300. The van der Waals surface area contributed by atoms with Crippen LogP contribution in [0.5, 0.6) is 0 Å². The molecule has 0 radical (unpaired) electrons. The lowest BCUT2D eigenvalue weighted by molar-refractivity contribution is -0.0859. The molecule has 1 aromatic heterocycles. The summed E-state index contributed by atoms with van der Waals surface area (Å²) in [6, 6.07) is 5.25. The minimum Gasteiger partial charge on any atom is -0.394 e. The van der Waals surface area contributed by atoms with Gasteiger partial charge in [0.2, 0.25) is 0 Å². The molecule has 0 saturated carbocycles. The molecule has 0 aromatic carbocycles. The summed E-state index contributed by atoms with van der Waals surface area (Å²) in [7, 11) is 0. The molecule has 17 heavy (non-hydrogen) atoms. The normalized spacial score (nSPS) is 24.7. The summed E-state index contributed by atoms with van der Waals surface area (Å²) in [6.07, 6.45) is 1.24. The van der Waals surface area contributed by atoms with E-state index in [0.29, 0.717) is 18.8 Å². The summed E-state index contributed by atoms with van der Waals surface area (Å²) in [4.78, 5) is 17.8. The molecule has 1 N–H and O–H groups in total. The number of ether oxygens (including phenoxy) is 1. The van der Waals surface area contributed by atoms with Crippen molar-refractivity contribution in [2.24, 2.45) is 0 Å². The van der Waals surface area contributed by atoms with E-state index in [-0.39, 0.29) is 24.7 Å². The smallest absolute Gasteiger partial charge is 0.272 e. The fourth-order valence-electron chi connectivity index (χ4n) is 1.96. The average Bonchev–Trinajstić information content (AvgIpc) is 2.38. The second kappa shape index (κ2) is 5.25. The highest BCUT2D eigenvalue weighted by molar-refractivity contribution is 5.92. The van der Waals surface area contributed by atoms with E-state index in [9.17, 15) is 4.79 Å². The molecule has 1 fully saturated rings. The van der Waals surface area contributed by atoms with Crippen LogP contribution >= 0.6 is 0 Å². The maximum atomic E-state index is 12.1. The number of aliphatic hydroxyl groups is 1. The van der Waals surface area contributed by atoms with E-state index in [1.807, 2.05) is 6.92 Å². The molecule has 2 atom stereocenters. The van der Waals surface area contributed by atoms with E-state index in [4.69, 9.17) is 9.84 Å². The summed E-state index contributed by atoms with van der Waals surface area (Å²) in [5.41, 5.74) is 0.429. The van der Waals surface area contributed by atoms with Crippen LogP contribution < -0.4 is 0 Å². The molecule has 1 saturated heterocycles. The summed E-state index contributed by atoms with van der Waals surface area (Å²) in [5, 5.41) is 9.10. The van der Waals surface area contributed by atoms with Crippen LogP contribution in [0.15, 0.2) is 24.4 Å². The van der Waals surface area contributed by atoms with Crippen molar-refractivity contribution in [2.45, 2.75) is 19.1 Å². The summed E-state index contributed by atoms with van der Waals surface area (Å²) >= 11 is 0. The Kier molecular flexibility index (Phi) is 3.71. The number of pyridine rings is 1. The predicted octanol–water partition coefficient (Wildman–Crippen LogP) is 0.303. The Morgan fingerprint density at radius 3 is 3.06 bits per heavy atom. The number of aliphatic hydroxyl groups excluding tert-OH is 1. The van der Waals surface area contributed by atoms with Gasteiger partial charge in [0.05, 0.1) is 18.8 Å². The minimum absolute atomic E-state index is 0.0615. The molecule has 0 aliphatic carbocycles. The van der Waals surface area contributed by atoms with Crippen molar-refractivity contribution in [1.29, 1.82) is 0 Å². The number of carbonyl (C=O) groups is 1. The maximum Gasteiger partial charge on any atom is 0.272 e. The number of nitrogens with zero attached hydrogens (tertiary/aromatic N) is 2. The SMILES string of the molecule is CC1CN(C(=O)c2ccccn2)CC(CO)O1. The Balaban J connectivity index is 2.09. The first-order valence-corrected chi connectivity index (χ1v) is 5.67. The molecule has 0 bridgehead atoms. The van der Waals surface area contributed by atoms with Crippen LogP contribution in [0.3, 0.4) is 0 Å². The Morgan fingerprint density at radius 2 is 2.41 bits per heavy atom. The fourth-order valence-corrected chi connectivity index (χ4v) is 1.96. The largest absolute Gasteiger partial charge is 0.394 e. The second-order valence-corrected chi connectivity index (χ2v) is 4.18. The quantitative estimate of drug-likeness (QED) is 0.802. The zero-order valence-electron chi connectivity index (χ0n) is 9.74. The Hall–Kier alpha value is -1.46. The lowest BCUT2D eigenvalue weighted by Crippen LogP contribution is -2.50. The number of hydrogen-bond acceptors (Lipinski definition) is 4. The van der Waals surface area contributed by atoms with Crippen LogP contribution in [0.4, 0.5) is 0 Å². The lowest BCUT2D eigenvalue weighted by Gasteiger charge is -2.35. The molecule has 2 rings (SSSR count). The molecular formula is C12H16N2O3. The Morgan fingerprint density at radius 1 is 1.59 bits per heavy atom. The Bertz CT molecular complexity index is 383. The molecule has 0 spiro atoms.